The number of carbonyl (C=O) groups excluding carboxylic acids is 1. The van der Waals surface area contributed by atoms with Gasteiger partial charge < -0.3 is 14.8 Å². The van der Waals surface area contributed by atoms with Gasteiger partial charge in [0, 0.05) is 25.5 Å². The number of benzene rings is 2. The van der Waals surface area contributed by atoms with Gasteiger partial charge in [-0.25, -0.2) is 0 Å². The van der Waals surface area contributed by atoms with Gasteiger partial charge in [-0.05, 0) is 24.3 Å². The molecule has 0 unspecified atom stereocenters. The van der Waals surface area contributed by atoms with Gasteiger partial charge >= 0.3 is 0 Å². The number of anilines is 1. The van der Waals surface area contributed by atoms with Crippen LogP contribution in [0, 0.1) is 0 Å². The first kappa shape index (κ1) is 18.6. The number of methoxy groups -OCH3 is 1. The molecule has 0 aliphatic heterocycles. The molecule has 0 radical (unpaired) electrons. The normalized spacial score (nSPS) is 10.7. The van der Waals surface area contributed by atoms with Crippen molar-refractivity contribution in [3.8, 4) is 5.75 Å². The van der Waals surface area contributed by atoms with Crippen LogP contribution in [-0.2, 0) is 16.1 Å². The number of hydrogen-bond acceptors (Lipinski definition) is 5. The summed E-state index contributed by atoms with van der Waals surface area (Å²) in [6.45, 7) is 1.09. The first-order chi connectivity index (χ1) is 13.2. The lowest BCUT2D eigenvalue weighted by atomic mass is 10.2. The summed E-state index contributed by atoms with van der Waals surface area (Å²) in [5.74, 6) is 0.337. The highest BCUT2D eigenvalue weighted by Crippen LogP contribution is 2.24. The summed E-state index contributed by atoms with van der Waals surface area (Å²) >= 11 is 0. The third-order valence-corrected chi connectivity index (χ3v) is 3.97. The Bertz CT molecular complexity index is 984. The fourth-order valence-corrected chi connectivity index (χ4v) is 2.69. The standard InChI is InChI=1S/C20H21N3O4/c1-26-11-6-12-27-19-10-5-3-8-16(19)22-20(25)14-23-17-9-4-2-7-15(17)18(24)13-21-23/h2-5,7-10,13H,6,11-12,14H2,1H3,(H,22,25). The average Bonchev–Trinajstić information content (AvgIpc) is 2.69. The molecule has 140 valence electrons. The molecule has 0 saturated carbocycles. The average molecular weight is 367 g/mol. The summed E-state index contributed by atoms with van der Waals surface area (Å²) in [5.41, 5.74) is 1.03. The molecule has 27 heavy (non-hydrogen) atoms. The largest absolute Gasteiger partial charge is 0.491 e. The summed E-state index contributed by atoms with van der Waals surface area (Å²) in [4.78, 5) is 24.4. The first-order valence-corrected chi connectivity index (χ1v) is 8.64. The minimum absolute atomic E-state index is 0.0151. The number of para-hydroxylation sites is 3. The summed E-state index contributed by atoms with van der Waals surface area (Å²) in [7, 11) is 1.64. The second kappa shape index (κ2) is 8.95. The highest BCUT2D eigenvalue weighted by molar-refractivity contribution is 5.93. The van der Waals surface area contributed by atoms with Gasteiger partial charge in [0.15, 0.2) is 0 Å². The Labute approximate surface area is 156 Å². The zero-order chi connectivity index (χ0) is 19.1. The summed E-state index contributed by atoms with van der Waals surface area (Å²) < 4.78 is 12.2. The van der Waals surface area contributed by atoms with Crippen LogP contribution < -0.4 is 15.5 Å². The lowest BCUT2D eigenvalue weighted by Crippen LogP contribution is -2.22. The van der Waals surface area contributed by atoms with Crippen molar-refractivity contribution in [2.24, 2.45) is 0 Å². The van der Waals surface area contributed by atoms with Crippen molar-refractivity contribution in [3.05, 3.63) is 65.0 Å². The van der Waals surface area contributed by atoms with Crippen LogP contribution in [0.4, 0.5) is 5.69 Å². The van der Waals surface area contributed by atoms with Crippen molar-refractivity contribution in [1.82, 2.24) is 9.78 Å². The van der Waals surface area contributed by atoms with Crippen molar-refractivity contribution in [2.75, 3.05) is 25.6 Å². The number of aromatic nitrogens is 2. The zero-order valence-electron chi connectivity index (χ0n) is 15.1. The molecule has 1 heterocycles. The van der Waals surface area contributed by atoms with E-state index in [2.05, 4.69) is 10.4 Å². The van der Waals surface area contributed by atoms with E-state index in [-0.39, 0.29) is 17.9 Å². The van der Waals surface area contributed by atoms with Crippen molar-refractivity contribution in [2.45, 2.75) is 13.0 Å². The van der Waals surface area contributed by atoms with Gasteiger partial charge in [0.2, 0.25) is 11.3 Å². The molecular weight excluding hydrogens is 346 g/mol. The van der Waals surface area contributed by atoms with Crippen molar-refractivity contribution in [1.29, 1.82) is 0 Å². The molecule has 2 aromatic carbocycles. The lowest BCUT2D eigenvalue weighted by Gasteiger charge is -2.13. The van der Waals surface area contributed by atoms with Gasteiger partial charge in [0.1, 0.15) is 12.3 Å². The molecule has 1 N–H and O–H groups in total. The summed E-state index contributed by atoms with van der Waals surface area (Å²) in [6, 6.07) is 14.3. The van der Waals surface area contributed by atoms with E-state index in [0.717, 1.165) is 6.42 Å². The van der Waals surface area contributed by atoms with Gasteiger partial charge in [-0.15, -0.1) is 0 Å². The van der Waals surface area contributed by atoms with Crippen LogP contribution >= 0.6 is 0 Å². The Hall–Kier alpha value is -3.19. The molecule has 3 rings (SSSR count). The van der Waals surface area contributed by atoms with Gasteiger partial charge in [0.05, 0.1) is 24.0 Å². The molecule has 1 aromatic heterocycles. The fourth-order valence-electron chi connectivity index (χ4n) is 2.69. The number of rotatable bonds is 8. The smallest absolute Gasteiger partial charge is 0.246 e. The van der Waals surface area contributed by atoms with Crippen molar-refractivity contribution in [3.63, 3.8) is 0 Å². The predicted octanol–water partition coefficient (Wildman–Crippen LogP) is 2.45. The monoisotopic (exact) mass is 367 g/mol. The summed E-state index contributed by atoms with van der Waals surface area (Å²) in [5, 5.41) is 7.45. The molecule has 0 fully saturated rings. The van der Waals surface area contributed by atoms with E-state index in [0.29, 0.717) is 35.6 Å². The van der Waals surface area contributed by atoms with Crippen LogP contribution in [0.5, 0.6) is 5.75 Å². The molecule has 7 heteroatoms. The van der Waals surface area contributed by atoms with E-state index in [9.17, 15) is 9.59 Å². The Morgan fingerprint density at radius 1 is 1.11 bits per heavy atom. The SMILES string of the molecule is COCCCOc1ccccc1NC(=O)Cn1ncc(=O)c2ccccc21. The molecule has 3 aromatic rings. The molecule has 0 aliphatic rings. The van der Waals surface area contributed by atoms with E-state index in [1.807, 2.05) is 12.1 Å². The fraction of sp³-hybridized carbons (Fsp3) is 0.250. The van der Waals surface area contributed by atoms with Gasteiger partial charge in [0.25, 0.3) is 0 Å². The number of nitrogens with one attached hydrogen (secondary N) is 1. The third-order valence-electron chi connectivity index (χ3n) is 3.97. The van der Waals surface area contributed by atoms with E-state index in [1.54, 1.807) is 43.5 Å². The van der Waals surface area contributed by atoms with Gasteiger partial charge in [-0.2, -0.15) is 5.10 Å². The van der Waals surface area contributed by atoms with Crippen molar-refractivity contribution < 1.29 is 14.3 Å². The van der Waals surface area contributed by atoms with Crippen molar-refractivity contribution >= 4 is 22.5 Å². The Balaban J connectivity index is 1.72. The zero-order valence-corrected chi connectivity index (χ0v) is 15.1. The Kier molecular flexibility index (Phi) is 6.17. The van der Waals surface area contributed by atoms with E-state index in [4.69, 9.17) is 9.47 Å². The maximum Gasteiger partial charge on any atom is 0.246 e. The van der Waals surface area contributed by atoms with E-state index < -0.39 is 0 Å². The van der Waals surface area contributed by atoms with Crippen LogP contribution in [0.3, 0.4) is 0 Å². The lowest BCUT2D eigenvalue weighted by molar-refractivity contribution is -0.116. The van der Waals surface area contributed by atoms with E-state index in [1.165, 1.54) is 10.9 Å². The second-order valence-corrected chi connectivity index (χ2v) is 5.92. The third kappa shape index (κ3) is 4.71. The van der Waals surface area contributed by atoms with Crippen LogP contribution in [0.2, 0.25) is 0 Å². The molecule has 0 saturated heterocycles. The first-order valence-electron chi connectivity index (χ1n) is 8.64. The summed E-state index contributed by atoms with van der Waals surface area (Å²) in [6.07, 6.45) is 1.98. The van der Waals surface area contributed by atoms with Crippen LogP contribution in [0.15, 0.2) is 59.5 Å². The molecule has 7 nitrogen and oxygen atoms in total. The molecule has 1 amide bonds. The van der Waals surface area contributed by atoms with Crippen LogP contribution in [0.25, 0.3) is 10.9 Å². The molecule has 0 bridgehead atoms. The maximum absolute atomic E-state index is 12.5. The molecule has 0 spiro atoms. The molecular formula is C20H21N3O4. The van der Waals surface area contributed by atoms with Gasteiger partial charge in [-0.3, -0.25) is 14.3 Å². The number of nitrogens with zero attached hydrogens (tertiary/aromatic N) is 2. The number of hydrogen-bond donors (Lipinski definition) is 1. The van der Waals surface area contributed by atoms with Crippen LogP contribution in [-0.4, -0.2) is 36.0 Å². The van der Waals surface area contributed by atoms with Crippen LogP contribution in [0.1, 0.15) is 6.42 Å². The van der Waals surface area contributed by atoms with E-state index >= 15 is 0 Å². The highest BCUT2D eigenvalue weighted by Gasteiger charge is 2.11. The predicted molar refractivity (Wildman–Crippen MR) is 103 cm³/mol. The number of amides is 1. The maximum atomic E-state index is 12.5. The minimum atomic E-state index is -0.260. The Morgan fingerprint density at radius 2 is 1.89 bits per heavy atom. The number of carbonyl (C=O) groups is 1. The minimum Gasteiger partial charge on any atom is -0.491 e. The molecule has 0 atom stereocenters. The number of ether oxygens (including phenoxy) is 2. The van der Waals surface area contributed by atoms with Gasteiger partial charge in [-0.1, -0.05) is 24.3 Å². The highest BCUT2D eigenvalue weighted by atomic mass is 16.5. The Morgan fingerprint density at radius 3 is 2.74 bits per heavy atom. The topological polar surface area (TPSA) is 82.4 Å². The number of fused-ring (bicyclic) bond motifs is 1. The second-order valence-electron chi connectivity index (χ2n) is 5.92. The quantitative estimate of drug-likeness (QED) is 0.619. The molecule has 0 aliphatic carbocycles.